The van der Waals surface area contributed by atoms with Crippen LogP contribution in [0.5, 0.6) is 5.75 Å². The molecule has 3 aromatic rings. The maximum atomic E-state index is 13.0. The van der Waals surface area contributed by atoms with E-state index in [-0.39, 0.29) is 12.1 Å². The highest BCUT2D eigenvalue weighted by molar-refractivity contribution is 5.92. The number of nitrogens with one attached hydrogen (secondary N) is 1. The van der Waals surface area contributed by atoms with Gasteiger partial charge in [0.25, 0.3) is 0 Å². The summed E-state index contributed by atoms with van der Waals surface area (Å²) in [5, 5.41) is 7.54. The van der Waals surface area contributed by atoms with Gasteiger partial charge in [0.2, 0.25) is 5.95 Å². The van der Waals surface area contributed by atoms with Gasteiger partial charge in [-0.25, -0.2) is 9.48 Å². The van der Waals surface area contributed by atoms with Gasteiger partial charge in [-0.05, 0) is 44.9 Å². The third-order valence-corrected chi connectivity index (χ3v) is 5.22. The van der Waals surface area contributed by atoms with Gasteiger partial charge in [0.1, 0.15) is 24.7 Å². The van der Waals surface area contributed by atoms with Gasteiger partial charge in [0.05, 0.1) is 11.7 Å². The number of para-hydroxylation sites is 1. The van der Waals surface area contributed by atoms with Crippen LogP contribution in [0.4, 0.5) is 5.95 Å². The van der Waals surface area contributed by atoms with Crippen molar-refractivity contribution in [3.8, 4) is 5.75 Å². The Hall–Kier alpha value is -3.61. The zero-order chi connectivity index (χ0) is 22.0. The number of anilines is 1. The SMILES string of the molecule is CC1=C(C(=O)OC(C)C)C(c2ccccc2OCc2ccccc2C)n2ncnc2N1. The second-order valence-electron chi connectivity index (χ2n) is 7.80. The molecule has 2 heterocycles. The molecule has 1 aromatic heterocycles. The third-order valence-electron chi connectivity index (χ3n) is 5.22. The molecule has 7 nitrogen and oxygen atoms in total. The Bertz CT molecular complexity index is 1130. The Kier molecular flexibility index (Phi) is 5.75. The maximum absolute atomic E-state index is 13.0. The molecule has 1 N–H and O–H groups in total. The smallest absolute Gasteiger partial charge is 0.338 e. The summed E-state index contributed by atoms with van der Waals surface area (Å²) in [5.41, 5.74) is 4.26. The van der Waals surface area contributed by atoms with Gasteiger partial charge in [-0.15, -0.1) is 0 Å². The summed E-state index contributed by atoms with van der Waals surface area (Å²) in [6.45, 7) is 8.00. The molecule has 1 aliphatic heterocycles. The van der Waals surface area contributed by atoms with Gasteiger partial charge in [0.15, 0.2) is 0 Å². The number of benzene rings is 2. The molecule has 0 saturated heterocycles. The largest absolute Gasteiger partial charge is 0.489 e. The number of aryl methyl sites for hydroxylation is 1. The van der Waals surface area contributed by atoms with Crippen LogP contribution < -0.4 is 10.1 Å². The van der Waals surface area contributed by atoms with Crippen molar-refractivity contribution in [3.05, 3.63) is 82.8 Å². The molecule has 160 valence electrons. The molecular weight excluding hydrogens is 392 g/mol. The molecule has 1 unspecified atom stereocenters. The number of carbonyl (C=O) groups is 1. The van der Waals surface area contributed by atoms with Crippen LogP contribution in [0.25, 0.3) is 0 Å². The lowest BCUT2D eigenvalue weighted by molar-refractivity contribution is -0.143. The van der Waals surface area contributed by atoms with Gasteiger partial charge in [-0.3, -0.25) is 0 Å². The lowest BCUT2D eigenvalue weighted by Crippen LogP contribution is -2.30. The summed E-state index contributed by atoms with van der Waals surface area (Å²) in [6.07, 6.45) is 1.23. The van der Waals surface area contributed by atoms with Crippen LogP contribution >= 0.6 is 0 Å². The minimum absolute atomic E-state index is 0.238. The zero-order valence-electron chi connectivity index (χ0n) is 18.1. The monoisotopic (exact) mass is 418 g/mol. The molecule has 0 saturated carbocycles. The number of aromatic nitrogens is 3. The highest BCUT2D eigenvalue weighted by Crippen LogP contribution is 2.39. The zero-order valence-corrected chi connectivity index (χ0v) is 18.1. The molecule has 31 heavy (non-hydrogen) atoms. The van der Waals surface area contributed by atoms with Crippen molar-refractivity contribution in [2.24, 2.45) is 0 Å². The van der Waals surface area contributed by atoms with E-state index in [1.54, 1.807) is 4.68 Å². The van der Waals surface area contributed by atoms with Crippen molar-refractivity contribution in [1.82, 2.24) is 14.8 Å². The van der Waals surface area contributed by atoms with E-state index < -0.39 is 6.04 Å². The van der Waals surface area contributed by atoms with Gasteiger partial charge in [-0.1, -0.05) is 42.5 Å². The van der Waals surface area contributed by atoms with Crippen LogP contribution in [0.1, 0.15) is 43.5 Å². The first-order valence-corrected chi connectivity index (χ1v) is 10.3. The number of allylic oxidation sites excluding steroid dienone is 1. The molecule has 7 heteroatoms. The Morgan fingerprint density at radius 1 is 1.13 bits per heavy atom. The first-order valence-electron chi connectivity index (χ1n) is 10.3. The Labute approximate surface area is 181 Å². The minimum Gasteiger partial charge on any atom is -0.489 e. The van der Waals surface area contributed by atoms with Crippen LogP contribution in [-0.2, 0) is 16.1 Å². The fraction of sp³-hybridized carbons (Fsp3) is 0.292. The highest BCUT2D eigenvalue weighted by atomic mass is 16.5. The van der Waals surface area contributed by atoms with Crippen molar-refractivity contribution in [2.45, 2.75) is 46.4 Å². The van der Waals surface area contributed by atoms with E-state index in [2.05, 4.69) is 28.4 Å². The number of hydrogen-bond acceptors (Lipinski definition) is 6. The summed E-state index contributed by atoms with van der Waals surface area (Å²) in [5.74, 6) is 0.860. The van der Waals surface area contributed by atoms with E-state index in [0.717, 1.165) is 16.7 Å². The van der Waals surface area contributed by atoms with Crippen LogP contribution in [-0.4, -0.2) is 26.8 Å². The number of rotatable bonds is 6. The summed E-state index contributed by atoms with van der Waals surface area (Å²) in [6, 6.07) is 15.3. The number of fused-ring (bicyclic) bond motifs is 1. The van der Waals surface area contributed by atoms with Crippen LogP contribution in [0, 0.1) is 6.92 Å². The van der Waals surface area contributed by atoms with Crippen molar-refractivity contribution >= 4 is 11.9 Å². The summed E-state index contributed by atoms with van der Waals surface area (Å²) < 4.78 is 13.5. The fourth-order valence-corrected chi connectivity index (χ4v) is 3.69. The van der Waals surface area contributed by atoms with Crippen molar-refractivity contribution < 1.29 is 14.3 Å². The molecule has 0 amide bonds. The highest BCUT2D eigenvalue weighted by Gasteiger charge is 2.36. The van der Waals surface area contributed by atoms with E-state index in [9.17, 15) is 4.79 Å². The molecule has 0 bridgehead atoms. The van der Waals surface area contributed by atoms with E-state index in [1.807, 2.05) is 63.2 Å². The molecule has 1 aliphatic rings. The number of nitrogens with zero attached hydrogens (tertiary/aromatic N) is 3. The van der Waals surface area contributed by atoms with Gasteiger partial charge in [0, 0.05) is 11.3 Å². The van der Waals surface area contributed by atoms with E-state index >= 15 is 0 Å². The number of hydrogen-bond donors (Lipinski definition) is 1. The Balaban J connectivity index is 1.75. The first kappa shape index (κ1) is 20.7. The van der Waals surface area contributed by atoms with Gasteiger partial charge >= 0.3 is 5.97 Å². The standard InChI is InChI=1S/C24H26N4O3/c1-15(2)31-23(29)21-17(4)27-24-25-14-26-28(24)22(21)19-11-7-8-12-20(19)30-13-18-10-6-5-9-16(18)3/h5-12,14-15,22H,13H2,1-4H3,(H,25,26,27). The van der Waals surface area contributed by atoms with E-state index in [1.165, 1.54) is 6.33 Å². The molecule has 4 rings (SSSR count). The quantitative estimate of drug-likeness (QED) is 0.598. The van der Waals surface area contributed by atoms with Crippen molar-refractivity contribution in [1.29, 1.82) is 0 Å². The second kappa shape index (κ2) is 8.63. The second-order valence-corrected chi connectivity index (χ2v) is 7.80. The van der Waals surface area contributed by atoms with Crippen LogP contribution in [0.3, 0.4) is 0 Å². The molecular formula is C24H26N4O3. The molecule has 0 aliphatic carbocycles. The first-order chi connectivity index (χ1) is 15.0. The number of carbonyl (C=O) groups excluding carboxylic acids is 1. The van der Waals surface area contributed by atoms with Gasteiger partial charge < -0.3 is 14.8 Å². The fourth-order valence-electron chi connectivity index (χ4n) is 3.69. The molecule has 1 atom stereocenters. The topological polar surface area (TPSA) is 78.3 Å². The summed E-state index contributed by atoms with van der Waals surface area (Å²) >= 11 is 0. The molecule has 0 radical (unpaired) electrons. The van der Waals surface area contributed by atoms with E-state index in [0.29, 0.717) is 29.6 Å². The predicted molar refractivity (Wildman–Crippen MR) is 118 cm³/mol. The Morgan fingerprint density at radius 3 is 2.65 bits per heavy atom. The summed E-state index contributed by atoms with van der Waals surface area (Å²) in [4.78, 5) is 17.3. The van der Waals surface area contributed by atoms with Crippen LogP contribution in [0.2, 0.25) is 0 Å². The lowest BCUT2D eigenvalue weighted by Gasteiger charge is -2.29. The minimum atomic E-state index is -0.516. The normalized spacial score (nSPS) is 15.5. The molecule has 2 aromatic carbocycles. The average Bonchev–Trinajstić information content (AvgIpc) is 3.20. The number of esters is 1. The maximum Gasteiger partial charge on any atom is 0.338 e. The predicted octanol–water partition coefficient (Wildman–Crippen LogP) is 4.41. The lowest BCUT2D eigenvalue weighted by atomic mass is 9.95. The van der Waals surface area contributed by atoms with E-state index in [4.69, 9.17) is 9.47 Å². The Morgan fingerprint density at radius 2 is 1.87 bits per heavy atom. The molecule has 0 fully saturated rings. The third kappa shape index (κ3) is 4.17. The van der Waals surface area contributed by atoms with Crippen molar-refractivity contribution in [2.75, 3.05) is 5.32 Å². The summed E-state index contributed by atoms with van der Waals surface area (Å²) in [7, 11) is 0. The average molecular weight is 418 g/mol. The van der Waals surface area contributed by atoms with Gasteiger partial charge in [-0.2, -0.15) is 10.1 Å². The molecule has 0 spiro atoms. The number of ether oxygens (including phenoxy) is 2. The van der Waals surface area contributed by atoms with Crippen molar-refractivity contribution in [3.63, 3.8) is 0 Å². The van der Waals surface area contributed by atoms with Crippen LogP contribution in [0.15, 0.2) is 66.1 Å².